The van der Waals surface area contributed by atoms with Crippen molar-refractivity contribution in [3.63, 3.8) is 0 Å². The van der Waals surface area contributed by atoms with Crippen LogP contribution in [0, 0.1) is 6.92 Å². The van der Waals surface area contributed by atoms with Crippen molar-refractivity contribution >= 4 is 15.9 Å². The van der Waals surface area contributed by atoms with Crippen LogP contribution in [-0.2, 0) is 6.42 Å². The highest BCUT2D eigenvalue weighted by atomic mass is 79.9. The van der Waals surface area contributed by atoms with Gasteiger partial charge in [-0.15, -0.1) is 0 Å². The zero-order chi connectivity index (χ0) is 26.6. The fraction of sp³-hybridized carbons (Fsp3) is 0.189. The molecule has 0 amide bonds. The summed E-state index contributed by atoms with van der Waals surface area (Å²) in [6, 6.07) is 40.4. The lowest BCUT2D eigenvalue weighted by Crippen LogP contribution is -1.93. The lowest BCUT2D eigenvalue weighted by molar-refractivity contribution is 0.734. The van der Waals surface area contributed by atoms with Crippen LogP contribution in [0.4, 0.5) is 0 Å². The molecule has 0 fully saturated rings. The third kappa shape index (κ3) is 5.54. The molecule has 38 heavy (non-hydrogen) atoms. The summed E-state index contributed by atoms with van der Waals surface area (Å²) in [5, 5.41) is 0. The summed E-state index contributed by atoms with van der Waals surface area (Å²) in [6.45, 7) is 9.02. The molecule has 0 aliphatic rings. The quantitative estimate of drug-likeness (QED) is 0.186. The Balaban J connectivity index is 1.41. The summed E-state index contributed by atoms with van der Waals surface area (Å²) in [4.78, 5) is 0. The van der Waals surface area contributed by atoms with Crippen LogP contribution < -0.4 is 0 Å². The Bertz CT molecular complexity index is 1510. The van der Waals surface area contributed by atoms with E-state index in [2.05, 4.69) is 153 Å². The van der Waals surface area contributed by atoms with Gasteiger partial charge < -0.3 is 0 Å². The van der Waals surface area contributed by atoms with Gasteiger partial charge in [0.05, 0.1) is 0 Å². The lowest BCUT2D eigenvalue weighted by atomic mass is 9.89. The van der Waals surface area contributed by atoms with E-state index in [1.807, 2.05) is 0 Å². The molecule has 0 heterocycles. The van der Waals surface area contributed by atoms with Crippen molar-refractivity contribution < 1.29 is 0 Å². The van der Waals surface area contributed by atoms with E-state index in [-0.39, 0.29) is 0 Å². The maximum atomic E-state index is 3.53. The molecule has 1 heteroatoms. The molecule has 0 saturated carbocycles. The van der Waals surface area contributed by atoms with Crippen molar-refractivity contribution in [1.82, 2.24) is 0 Å². The minimum atomic E-state index is 0.606. The van der Waals surface area contributed by atoms with Crippen LogP contribution >= 0.6 is 15.9 Å². The Hall–Kier alpha value is -3.42. The van der Waals surface area contributed by atoms with E-state index in [0.717, 1.165) is 10.9 Å². The summed E-state index contributed by atoms with van der Waals surface area (Å²) < 4.78 is 1.10. The highest BCUT2D eigenvalue weighted by molar-refractivity contribution is 9.10. The second-order valence-electron chi connectivity index (χ2n) is 10.3. The van der Waals surface area contributed by atoms with E-state index in [1.54, 1.807) is 0 Å². The molecule has 1 unspecified atom stereocenters. The van der Waals surface area contributed by atoms with Gasteiger partial charge in [-0.25, -0.2) is 0 Å². The number of rotatable bonds is 7. The maximum absolute atomic E-state index is 3.53. The van der Waals surface area contributed by atoms with Crippen LogP contribution in [0.5, 0.6) is 0 Å². The Labute approximate surface area is 236 Å². The van der Waals surface area contributed by atoms with Crippen molar-refractivity contribution in [3.8, 4) is 44.5 Å². The first-order valence-corrected chi connectivity index (χ1v) is 14.5. The van der Waals surface area contributed by atoms with E-state index < -0.39 is 0 Å². The van der Waals surface area contributed by atoms with Gasteiger partial charge in [-0.1, -0.05) is 134 Å². The van der Waals surface area contributed by atoms with Crippen molar-refractivity contribution in [1.29, 1.82) is 0 Å². The molecule has 0 saturated heterocycles. The van der Waals surface area contributed by atoms with Gasteiger partial charge in [0.15, 0.2) is 0 Å². The Kier molecular flexibility index (Phi) is 7.95. The molecule has 0 spiro atoms. The number of benzene rings is 5. The fourth-order valence-corrected chi connectivity index (χ4v) is 5.46. The van der Waals surface area contributed by atoms with Crippen LogP contribution in [0.25, 0.3) is 44.5 Å². The number of aryl methyl sites for hydroxylation is 2. The van der Waals surface area contributed by atoms with Crippen LogP contribution in [-0.4, -0.2) is 0 Å². The standard InChI is InChI=1S/C37H35Br/c1-5-25(3)28-7-9-29(10-8-28)30-11-15-33(16-12-30)36-24-27(6-2)37(23-26(36)4)34-17-13-31(14-18-34)32-19-21-35(38)22-20-32/h7-25H,5-6H2,1-4H3. The normalized spacial score (nSPS) is 11.9. The van der Waals surface area contributed by atoms with E-state index in [0.29, 0.717) is 5.92 Å². The van der Waals surface area contributed by atoms with Gasteiger partial charge in [0, 0.05) is 4.47 Å². The molecule has 5 aromatic carbocycles. The van der Waals surface area contributed by atoms with Gasteiger partial charge in [0.25, 0.3) is 0 Å². The molecule has 0 aliphatic heterocycles. The third-order valence-corrected chi connectivity index (χ3v) is 8.35. The first-order valence-electron chi connectivity index (χ1n) is 13.7. The molecule has 0 bridgehead atoms. The minimum Gasteiger partial charge on any atom is -0.0648 e. The van der Waals surface area contributed by atoms with Gasteiger partial charge >= 0.3 is 0 Å². The molecule has 1 atom stereocenters. The first kappa shape index (κ1) is 26.2. The van der Waals surface area contributed by atoms with Gasteiger partial charge in [-0.2, -0.15) is 0 Å². The van der Waals surface area contributed by atoms with Crippen molar-refractivity contribution in [2.45, 2.75) is 46.5 Å². The molecule has 5 aromatic rings. The van der Waals surface area contributed by atoms with E-state index in [4.69, 9.17) is 0 Å². The minimum absolute atomic E-state index is 0.606. The maximum Gasteiger partial charge on any atom is 0.0175 e. The Morgan fingerprint density at radius 3 is 1.45 bits per heavy atom. The molecule has 0 nitrogen and oxygen atoms in total. The lowest BCUT2D eigenvalue weighted by Gasteiger charge is -2.15. The molecule has 0 radical (unpaired) electrons. The second kappa shape index (κ2) is 11.5. The second-order valence-corrected chi connectivity index (χ2v) is 11.2. The van der Waals surface area contributed by atoms with Crippen molar-refractivity contribution in [2.24, 2.45) is 0 Å². The van der Waals surface area contributed by atoms with Gasteiger partial charge in [0.1, 0.15) is 0 Å². The van der Waals surface area contributed by atoms with Crippen LogP contribution in [0.2, 0.25) is 0 Å². The zero-order valence-electron chi connectivity index (χ0n) is 22.8. The van der Waals surface area contributed by atoms with Gasteiger partial charge in [0.2, 0.25) is 0 Å². The molecular formula is C37H35Br. The summed E-state index contributed by atoms with van der Waals surface area (Å²) in [5.74, 6) is 0.606. The molecule has 5 rings (SSSR count). The Morgan fingerprint density at radius 1 is 0.553 bits per heavy atom. The molecule has 0 N–H and O–H groups in total. The number of hydrogen-bond acceptors (Lipinski definition) is 0. The number of hydrogen-bond donors (Lipinski definition) is 0. The monoisotopic (exact) mass is 558 g/mol. The van der Waals surface area contributed by atoms with E-state index in [9.17, 15) is 0 Å². The van der Waals surface area contributed by atoms with E-state index in [1.165, 1.54) is 67.6 Å². The predicted octanol–water partition coefficient (Wildman–Crippen LogP) is 11.5. The summed E-state index contributed by atoms with van der Waals surface area (Å²) in [5.41, 5.74) is 14.3. The largest absolute Gasteiger partial charge is 0.0648 e. The fourth-order valence-electron chi connectivity index (χ4n) is 5.19. The Morgan fingerprint density at radius 2 is 0.974 bits per heavy atom. The molecule has 0 aliphatic carbocycles. The van der Waals surface area contributed by atoms with Crippen LogP contribution in [0.3, 0.4) is 0 Å². The highest BCUT2D eigenvalue weighted by Crippen LogP contribution is 2.35. The topological polar surface area (TPSA) is 0 Å². The summed E-state index contributed by atoms with van der Waals surface area (Å²) in [7, 11) is 0. The SMILES string of the molecule is CCc1cc(-c2ccc(-c3ccc(C(C)CC)cc3)cc2)c(C)cc1-c1ccc(-c2ccc(Br)cc2)cc1. The third-order valence-electron chi connectivity index (χ3n) is 7.83. The van der Waals surface area contributed by atoms with Crippen molar-refractivity contribution in [2.75, 3.05) is 0 Å². The van der Waals surface area contributed by atoms with Gasteiger partial charge in [-0.05, 0) is 99.0 Å². The summed E-state index contributed by atoms with van der Waals surface area (Å²) in [6.07, 6.45) is 2.17. The predicted molar refractivity (Wildman–Crippen MR) is 169 cm³/mol. The molecular weight excluding hydrogens is 524 g/mol. The van der Waals surface area contributed by atoms with Crippen LogP contribution in [0.1, 0.15) is 49.8 Å². The smallest absolute Gasteiger partial charge is 0.0175 e. The molecule has 190 valence electrons. The van der Waals surface area contributed by atoms with Crippen LogP contribution in [0.15, 0.2) is 114 Å². The average molecular weight is 560 g/mol. The summed E-state index contributed by atoms with van der Waals surface area (Å²) >= 11 is 3.53. The zero-order valence-corrected chi connectivity index (χ0v) is 24.3. The molecule has 0 aromatic heterocycles. The van der Waals surface area contributed by atoms with E-state index >= 15 is 0 Å². The van der Waals surface area contributed by atoms with Crippen molar-refractivity contribution in [3.05, 3.63) is 130 Å². The number of halogens is 1. The average Bonchev–Trinajstić information content (AvgIpc) is 2.97. The van der Waals surface area contributed by atoms with Gasteiger partial charge in [-0.3, -0.25) is 0 Å². The first-order chi connectivity index (χ1) is 18.5. The highest BCUT2D eigenvalue weighted by Gasteiger charge is 2.11.